The van der Waals surface area contributed by atoms with Crippen molar-refractivity contribution >= 4 is 47.1 Å². The van der Waals surface area contributed by atoms with Gasteiger partial charge in [0.25, 0.3) is 0 Å². The molecule has 0 fully saturated rings. The fourth-order valence-electron chi connectivity index (χ4n) is 1.92. The van der Waals surface area contributed by atoms with Crippen LogP contribution < -0.4 is 0 Å². The average molecular weight is 426 g/mol. The lowest BCUT2D eigenvalue weighted by molar-refractivity contribution is -0.141. The molecule has 0 saturated heterocycles. The molecule has 0 N–H and O–H groups in total. The summed E-state index contributed by atoms with van der Waals surface area (Å²) in [5.41, 5.74) is -0.545. The maximum atomic E-state index is 13.2. The largest absolute Gasteiger partial charge is 0.435 e. The molecular formula is C15H12Cl2F3N3O2S. The fourth-order valence-corrected chi connectivity index (χ4v) is 3.12. The summed E-state index contributed by atoms with van der Waals surface area (Å²) in [4.78, 5) is 15.4. The first kappa shape index (κ1) is 20.6. The molecule has 5 nitrogen and oxygen atoms in total. The average Bonchev–Trinajstić information content (AvgIpc) is 2.90. The Labute approximate surface area is 161 Å². The summed E-state index contributed by atoms with van der Waals surface area (Å²) >= 11 is 12.2. The van der Waals surface area contributed by atoms with Gasteiger partial charge in [0, 0.05) is 17.8 Å². The number of alkyl halides is 4. The minimum Gasteiger partial charge on any atom is -0.317 e. The number of halogens is 5. The van der Waals surface area contributed by atoms with E-state index >= 15 is 0 Å². The molecule has 26 heavy (non-hydrogen) atoms. The third-order valence-electron chi connectivity index (χ3n) is 3.03. The molecule has 0 aliphatic carbocycles. The standard InChI is InChI=1S/C15H12Cl2F3N3O2S/c1-23-14(26-8-9-2-4-10(17)5-3-9)11(7-21-25-12(24)6-16)13(22-23)15(18,19)20/h2-5,7H,6,8H2,1H3/b21-7-. The summed E-state index contributed by atoms with van der Waals surface area (Å²) in [6, 6.07) is 6.92. The molecule has 0 atom stereocenters. The van der Waals surface area contributed by atoms with Crippen LogP contribution in [-0.4, -0.2) is 27.8 Å². The number of aromatic nitrogens is 2. The molecule has 1 aromatic carbocycles. The van der Waals surface area contributed by atoms with Gasteiger partial charge in [0.1, 0.15) is 10.9 Å². The third-order valence-corrected chi connectivity index (χ3v) is 4.74. The van der Waals surface area contributed by atoms with Crippen LogP contribution in [0.15, 0.2) is 34.4 Å². The van der Waals surface area contributed by atoms with Crippen LogP contribution in [0.4, 0.5) is 13.2 Å². The molecule has 0 aliphatic heterocycles. The first-order valence-electron chi connectivity index (χ1n) is 7.03. The summed E-state index contributed by atoms with van der Waals surface area (Å²) in [5, 5.41) is 7.59. The predicted octanol–water partition coefficient (Wildman–Crippen LogP) is 4.50. The topological polar surface area (TPSA) is 56.5 Å². The fraction of sp³-hybridized carbons (Fsp3) is 0.267. The van der Waals surface area contributed by atoms with Gasteiger partial charge >= 0.3 is 12.1 Å². The second-order valence-corrected chi connectivity index (χ2v) is 6.60. The van der Waals surface area contributed by atoms with Crippen LogP contribution in [0.1, 0.15) is 16.8 Å². The van der Waals surface area contributed by atoms with Crippen molar-refractivity contribution in [1.29, 1.82) is 0 Å². The molecule has 0 aliphatic rings. The molecule has 140 valence electrons. The van der Waals surface area contributed by atoms with Gasteiger partial charge in [-0.05, 0) is 17.7 Å². The van der Waals surface area contributed by atoms with Gasteiger partial charge in [-0.2, -0.15) is 18.3 Å². The number of carbonyl (C=O) groups is 1. The van der Waals surface area contributed by atoms with E-state index in [4.69, 9.17) is 23.2 Å². The number of thioether (sulfide) groups is 1. The van der Waals surface area contributed by atoms with E-state index in [1.165, 1.54) is 7.05 Å². The minimum absolute atomic E-state index is 0.220. The molecule has 0 spiro atoms. The van der Waals surface area contributed by atoms with Crippen molar-refractivity contribution in [2.24, 2.45) is 12.2 Å². The van der Waals surface area contributed by atoms with Gasteiger partial charge in [0.05, 0.1) is 11.8 Å². The van der Waals surface area contributed by atoms with Crippen molar-refractivity contribution in [2.45, 2.75) is 17.0 Å². The highest BCUT2D eigenvalue weighted by Gasteiger charge is 2.38. The minimum atomic E-state index is -4.69. The molecule has 0 bridgehead atoms. The maximum Gasteiger partial charge on any atom is 0.435 e. The number of aryl methyl sites for hydroxylation is 1. The summed E-state index contributed by atoms with van der Waals surface area (Å²) < 4.78 is 40.7. The Morgan fingerprint density at radius 1 is 1.38 bits per heavy atom. The SMILES string of the molecule is Cn1nc(C(F)(F)F)c(/C=N\OC(=O)CCl)c1SCc1ccc(Cl)cc1. The molecule has 0 unspecified atom stereocenters. The number of benzene rings is 1. The van der Waals surface area contributed by atoms with E-state index in [0.717, 1.165) is 28.2 Å². The van der Waals surface area contributed by atoms with Crippen molar-refractivity contribution in [2.75, 3.05) is 5.88 Å². The summed E-state index contributed by atoms with van der Waals surface area (Å²) in [6.07, 6.45) is -3.88. The van der Waals surface area contributed by atoms with Crippen LogP contribution in [-0.2, 0) is 28.6 Å². The van der Waals surface area contributed by atoms with Crippen molar-refractivity contribution in [3.8, 4) is 0 Å². The number of rotatable bonds is 6. The Morgan fingerprint density at radius 2 is 2.04 bits per heavy atom. The third kappa shape index (κ3) is 5.39. The van der Waals surface area contributed by atoms with Gasteiger partial charge in [-0.3, -0.25) is 4.68 Å². The second-order valence-electron chi connectivity index (χ2n) is 4.94. The Bertz CT molecular complexity index is 808. The van der Waals surface area contributed by atoms with E-state index in [9.17, 15) is 18.0 Å². The monoisotopic (exact) mass is 425 g/mol. The normalized spacial score (nSPS) is 11.9. The zero-order chi connectivity index (χ0) is 19.3. The first-order valence-corrected chi connectivity index (χ1v) is 8.92. The first-order chi connectivity index (χ1) is 12.2. The summed E-state index contributed by atoms with van der Waals surface area (Å²) in [5.74, 6) is -0.957. The Morgan fingerprint density at radius 3 is 2.62 bits per heavy atom. The lowest BCUT2D eigenvalue weighted by atomic mass is 10.2. The zero-order valence-electron chi connectivity index (χ0n) is 13.3. The molecule has 0 amide bonds. The Hall–Kier alpha value is -1.71. The molecule has 2 rings (SSSR count). The van der Waals surface area contributed by atoms with Gasteiger partial charge in [0.15, 0.2) is 5.69 Å². The van der Waals surface area contributed by atoms with E-state index in [-0.39, 0.29) is 10.6 Å². The number of carbonyl (C=O) groups excluding carboxylic acids is 1. The van der Waals surface area contributed by atoms with Gasteiger partial charge in [0.2, 0.25) is 0 Å². The van der Waals surface area contributed by atoms with Gasteiger partial charge in [-0.25, -0.2) is 4.79 Å². The van der Waals surface area contributed by atoms with Gasteiger partial charge in [-0.15, -0.1) is 23.4 Å². The molecule has 0 saturated carbocycles. The molecule has 0 radical (unpaired) electrons. The molecule has 1 aromatic heterocycles. The van der Waals surface area contributed by atoms with Crippen molar-refractivity contribution < 1.29 is 22.8 Å². The van der Waals surface area contributed by atoms with Crippen LogP contribution >= 0.6 is 35.0 Å². The molecule has 2 aromatic rings. The van der Waals surface area contributed by atoms with Gasteiger partial charge < -0.3 is 4.84 Å². The van der Waals surface area contributed by atoms with Crippen LogP contribution in [0.2, 0.25) is 5.02 Å². The summed E-state index contributed by atoms with van der Waals surface area (Å²) in [7, 11) is 1.39. The Balaban J connectivity index is 2.29. The smallest absolute Gasteiger partial charge is 0.317 e. The van der Waals surface area contributed by atoms with Crippen LogP contribution in [0.25, 0.3) is 0 Å². The lowest BCUT2D eigenvalue weighted by Gasteiger charge is -2.05. The van der Waals surface area contributed by atoms with Crippen molar-refractivity contribution in [3.05, 3.63) is 46.1 Å². The van der Waals surface area contributed by atoms with E-state index in [2.05, 4.69) is 15.1 Å². The maximum absolute atomic E-state index is 13.2. The van der Waals surface area contributed by atoms with Crippen LogP contribution in [0.3, 0.4) is 0 Å². The van der Waals surface area contributed by atoms with Crippen molar-refractivity contribution in [1.82, 2.24) is 9.78 Å². The van der Waals surface area contributed by atoms with Crippen LogP contribution in [0, 0.1) is 0 Å². The highest BCUT2D eigenvalue weighted by Crippen LogP contribution is 2.36. The summed E-state index contributed by atoms with van der Waals surface area (Å²) in [6.45, 7) is 0. The number of hydrogen-bond acceptors (Lipinski definition) is 5. The number of nitrogens with zero attached hydrogens (tertiary/aromatic N) is 3. The second kappa shape index (κ2) is 8.79. The zero-order valence-corrected chi connectivity index (χ0v) is 15.6. The highest BCUT2D eigenvalue weighted by molar-refractivity contribution is 7.98. The Kier molecular flexibility index (Phi) is 6.96. The molecule has 11 heteroatoms. The number of oxime groups is 1. The predicted molar refractivity (Wildman–Crippen MR) is 93.6 cm³/mol. The van der Waals surface area contributed by atoms with E-state index in [1.807, 2.05) is 0 Å². The number of hydrogen-bond donors (Lipinski definition) is 0. The quantitative estimate of drug-likeness (QED) is 0.225. The van der Waals surface area contributed by atoms with E-state index in [1.54, 1.807) is 24.3 Å². The van der Waals surface area contributed by atoms with E-state index in [0.29, 0.717) is 10.8 Å². The van der Waals surface area contributed by atoms with Crippen molar-refractivity contribution in [3.63, 3.8) is 0 Å². The molecule has 1 heterocycles. The van der Waals surface area contributed by atoms with Gasteiger partial charge in [-0.1, -0.05) is 28.9 Å². The molecular weight excluding hydrogens is 414 g/mol. The lowest BCUT2D eigenvalue weighted by Crippen LogP contribution is -2.09. The highest BCUT2D eigenvalue weighted by atomic mass is 35.5. The van der Waals surface area contributed by atoms with Crippen LogP contribution in [0.5, 0.6) is 0 Å². The van der Waals surface area contributed by atoms with E-state index < -0.39 is 23.7 Å².